The van der Waals surface area contributed by atoms with Crippen molar-refractivity contribution in [1.82, 2.24) is 0 Å². The molecule has 3 N–H and O–H groups in total. The monoisotopic (exact) mass is 268 g/mol. The van der Waals surface area contributed by atoms with Crippen LogP contribution in [0.3, 0.4) is 0 Å². The number of anilines is 1. The quantitative estimate of drug-likeness (QED) is 0.881. The molecule has 2 nitrogen and oxygen atoms in total. The number of nitrogens with one attached hydrogen (secondary N) is 1. The summed E-state index contributed by atoms with van der Waals surface area (Å²) in [4.78, 5) is 0. The molecule has 1 aliphatic carbocycles. The fraction of sp³-hybridized carbons (Fsp3) is 0.500. The van der Waals surface area contributed by atoms with Gasteiger partial charge in [0.05, 0.1) is 0 Å². The van der Waals surface area contributed by atoms with Gasteiger partial charge in [-0.1, -0.05) is 12.1 Å². The molecule has 82 valence electrons. The lowest BCUT2D eigenvalue weighted by atomic mass is 9.95. The second kappa shape index (κ2) is 4.14. The van der Waals surface area contributed by atoms with Crippen molar-refractivity contribution < 1.29 is 0 Å². The summed E-state index contributed by atoms with van der Waals surface area (Å²) in [6.07, 6.45) is 2.59. The molecule has 1 unspecified atom stereocenters. The summed E-state index contributed by atoms with van der Waals surface area (Å²) in [5.41, 5.74) is 7.05. The van der Waals surface area contributed by atoms with Gasteiger partial charge in [-0.2, -0.15) is 0 Å². The molecule has 1 aliphatic rings. The number of rotatable bonds is 4. The maximum absolute atomic E-state index is 5.87. The third-order valence-corrected chi connectivity index (χ3v) is 3.89. The summed E-state index contributed by atoms with van der Waals surface area (Å²) in [6.45, 7) is 2.89. The van der Waals surface area contributed by atoms with Crippen molar-refractivity contribution in [3.8, 4) is 0 Å². The van der Waals surface area contributed by atoms with Crippen molar-refractivity contribution in [2.45, 2.75) is 25.3 Å². The minimum atomic E-state index is 0.0455. The average Bonchev–Trinajstić information content (AvgIpc) is 3.05. The third kappa shape index (κ3) is 2.34. The second-order valence-electron chi connectivity index (χ2n) is 4.50. The number of hydrogen-bond donors (Lipinski definition) is 2. The van der Waals surface area contributed by atoms with Crippen molar-refractivity contribution in [2.75, 3.05) is 11.9 Å². The zero-order chi connectivity index (χ0) is 10.9. The van der Waals surface area contributed by atoms with Gasteiger partial charge in [0.25, 0.3) is 0 Å². The van der Waals surface area contributed by atoms with Crippen LogP contribution in [0.25, 0.3) is 0 Å². The molecule has 0 bridgehead atoms. The zero-order valence-corrected chi connectivity index (χ0v) is 10.5. The number of nitrogens with two attached hydrogens (primary N) is 1. The smallest absolute Gasteiger partial charge is 0.0496 e. The van der Waals surface area contributed by atoms with E-state index in [1.165, 1.54) is 12.8 Å². The van der Waals surface area contributed by atoms with Crippen molar-refractivity contribution >= 4 is 21.6 Å². The Hall–Kier alpha value is -0.540. The predicted octanol–water partition coefficient (Wildman–Crippen LogP) is 2.99. The molecule has 2 rings (SSSR count). The van der Waals surface area contributed by atoms with Crippen LogP contribution < -0.4 is 11.1 Å². The van der Waals surface area contributed by atoms with Crippen LogP contribution in [0.4, 0.5) is 5.69 Å². The van der Waals surface area contributed by atoms with E-state index in [2.05, 4.69) is 34.2 Å². The SMILES string of the molecule is CC(CN)(Nc1ccccc1Br)C1CC1. The Bertz CT molecular complexity index is 349. The largest absolute Gasteiger partial charge is 0.377 e. The molecule has 3 heteroatoms. The molecule has 0 amide bonds. The molecule has 1 atom stereocenters. The molecule has 0 saturated heterocycles. The van der Waals surface area contributed by atoms with Gasteiger partial charge < -0.3 is 11.1 Å². The molecule has 0 heterocycles. The van der Waals surface area contributed by atoms with Gasteiger partial charge in [-0.25, -0.2) is 0 Å². The summed E-state index contributed by atoms with van der Waals surface area (Å²) < 4.78 is 1.10. The highest BCUT2D eigenvalue weighted by atomic mass is 79.9. The van der Waals surface area contributed by atoms with E-state index in [4.69, 9.17) is 5.73 Å². The zero-order valence-electron chi connectivity index (χ0n) is 8.96. The van der Waals surface area contributed by atoms with Gasteiger partial charge in [0.1, 0.15) is 0 Å². The van der Waals surface area contributed by atoms with E-state index in [-0.39, 0.29) is 5.54 Å². The Morgan fingerprint density at radius 1 is 1.47 bits per heavy atom. The topological polar surface area (TPSA) is 38.0 Å². The summed E-state index contributed by atoms with van der Waals surface area (Å²) >= 11 is 3.54. The Morgan fingerprint density at radius 3 is 2.67 bits per heavy atom. The Morgan fingerprint density at radius 2 is 2.13 bits per heavy atom. The molecule has 0 radical (unpaired) electrons. The van der Waals surface area contributed by atoms with Crippen LogP contribution in [0, 0.1) is 5.92 Å². The van der Waals surface area contributed by atoms with Crippen molar-refractivity contribution in [1.29, 1.82) is 0 Å². The highest BCUT2D eigenvalue weighted by Gasteiger charge is 2.40. The number of para-hydroxylation sites is 1. The highest BCUT2D eigenvalue weighted by molar-refractivity contribution is 9.10. The molecule has 0 spiro atoms. The van der Waals surface area contributed by atoms with Crippen molar-refractivity contribution in [2.24, 2.45) is 11.7 Å². The van der Waals surface area contributed by atoms with E-state index in [1.807, 2.05) is 18.2 Å². The Balaban J connectivity index is 2.16. The van der Waals surface area contributed by atoms with Gasteiger partial charge in [0.15, 0.2) is 0 Å². The summed E-state index contributed by atoms with van der Waals surface area (Å²) in [5.74, 6) is 0.731. The normalized spacial score (nSPS) is 19.7. The van der Waals surface area contributed by atoms with Gasteiger partial charge in [-0.05, 0) is 53.7 Å². The van der Waals surface area contributed by atoms with Crippen LogP contribution in [0.15, 0.2) is 28.7 Å². The van der Waals surface area contributed by atoms with Gasteiger partial charge in [-0.3, -0.25) is 0 Å². The summed E-state index contributed by atoms with van der Waals surface area (Å²) in [7, 11) is 0. The van der Waals surface area contributed by atoms with E-state index < -0.39 is 0 Å². The van der Waals surface area contributed by atoms with Crippen LogP contribution in [0.1, 0.15) is 19.8 Å². The second-order valence-corrected chi connectivity index (χ2v) is 5.36. The molecular formula is C12H17BrN2. The van der Waals surface area contributed by atoms with Crippen LogP contribution in [0.2, 0.25) is 0 Å². The van der Waals surface area contributed by atoms with Crippen LogP contribution in [-0.4, -0.2) is 12.1 Å². The Labute approximate surface area is 99.4 Å². The van der Waals surface area contributed by atoms with E-state index in [0.29, 0.717) is 6.54 Å². The van der Waals surface area contributed by atoms with Crippen LogP contribution >= 0.6 is 15.9 Å². The standard InChI is InChI=1S/C12H17BrN2/c1-12(8-14,9-6-7-9)15-11-5-3-2-4-10(11)13/h2-5,9,15H,6-8,14H2,1H3. The lowest BCUT2D eigenvalue weighted by Gasteiger charge is -2.31. The van der Waals surface area contributed by atoms with Gasteiger partial charge >= 0.3 is 0 Å². The fourth-order valence-electron chi connectivity index (χ4n) is 1.91. The van der Waals surface area contributed by atoms with Crippen LogP contribution in [-0.2, 0) is 0 Å². The van der Waals surface area contributed by atoms with Crippen molar-refractivity contribution in [3.63, 3.8) is 0 Å². The predicted molar refractivity (Wildman–Crippen MR) is 67.9 cm³/mol. The third-order valence-electron chi connectivity index (χ3n) is 3.20. The van der Waals surface area contributed by atoms with Gasteiger partial charge in [0, 0.05) is 22.2 Å². The first-order chi connectivity index (χ1) is 7.15. The molecule has 1 fully saturated rings. The maximum atomic E-state index is 5.87. The van der Waals surface area contributed by atoms with E-state index in [1.54, 1.807) is 0 Å². The highest BCUT2D eigenvalue weighted by Crippen LogP contribution is 2.41. The lowest BCUT2D eigenvalue weighted by molar-refractivity contribution is 0.459. The fourth-order valence-corrected chi connectivity index (χ4v) is 2.29. The minimum absolute atomic E-state index is 0.0455. The first kappa shape index (κ1) is 11.0. The van der Waals surface area contributed by atoms with E-state index >= 15 is 0 Å². The number of benzene rings is 1. The lowest BCUT2D eigenvalue weighted by Crippen LogP contribution is -2.44. The number of halogens is 1. The molecule has 0 aliphatic heterocycles. The molecule has 15 heavy (non-hydrogen) atoms. The van der Waals surface area contributed by atoms with E-state index in [0.717, 1.165) is 16.1 Å². The van der Waals surface area contributed by atoms with Gasteiger partial charge in [0.2, 0.25) is 0 Å². The molecule has 1 saturated carbocycles. The maximum Gasteiger partial charge on any atom is 0.0496 e. The minimum Gasteiger partial charge on any atom is -0.377 e. The average molecular weight is 269 g/mol. The summed E-state index contributed by atoms with van der Waals surface area (Å²) in [6, 6.07) is 8.19. The summed E-state index contributed by atoms with van der Waals surface area (Å²) in [5, 5.41) is 3.56. The molecule has 1 aromatic rings. The number of hydrogen-bond acceptors (Lipinski definition) is 2. The molecular weight excluding hydrogens is 252 g/mol. The first-order valence-electron chi connectivity index (χ1n) is 5.38. The first-order valence-corrected chi connectivity index (χ1v) is 6.18. The molecule has 1 aromatic carbocycles. The Kier molecular flexibility index (Phi) is 3.03. The van der Waals surface area contributed by atoms with Gasteiger partial charge in [-0.15, -0.1) is 0 Å². The van der Waals surface area contributed by atoms with Crippen LogP contribution in [0.5, 0.6) is 0 Å². The van der Waals surface area contributed by atoms with Crippen molar-refractivity contribution in [3.05, 3.63) is 28.7 Å². The van der Waals surface area contributed by atoms with E-state index in [9.17, 15) is 0 Å². The molecule has 0 aromatic heterocycles.